The first-order valence-electron chi connectivity index (χ1n) is 5.09. The van der Waals surface area contributed by atoms with Crippen LogP contribution in [0.1, 0.15) is 18.0 Å². The molecule has 0 radical (unpaired) electrons. The minimum absolute atomic E-state index is 0.714. The van der Waals surface area contributed by atoms with Gasteiger partial charge in [0.15, 0.2) is 0 Å². The summed E-state index contributed by atoms with van der Waals surface area (Å²) in [5, 5.41) is 0. The molecule has 78 valence electrons. The van der Waals surface area contributed by atoms with E-state index in [2.05, 4.69) is 50.8 Å². The fourth-order valence-electron chi connectivity index (χ4n) is 1.39. The lowest BCUT2D eigenvalue weighted by molar-refractivity contribution is 0.615. The molecule has 0 bridgehead atoms. The highest BCUT2D eigenvalue weighted by atomic mass is 28.3. The molecule has 0 saturated heterocycles. The molecule has 1 unspecified atom stereocenters. The van der Waals surface area contributed by atoms with Crippen LogP contribution >= 0.6 is 0 Å². The zero-order valence-corrected chi connectivity index (χ0v) is 12.8. The Kier molecular flexibility index (Phi) is 3.55. The van der Waals surface area contributed by atoms with Crippen LogP contribution in [0.4, 0.5) is 0 Å². The Morgan fingerprint density at radius 3 is 2.00 bits per heavy atom. The summed E-state index contributed by atoms with van der Waals surface area (Å²) < 4.78 is 5.28. The fourth-order valence-corrected chi connectivity index (χ4v) is 2.86. The summed E-state index contributed by atoms with van der Waals surface area (Å²) in [6.07, 6.45) is 0. The number of benzene rings is 1. The third-order valence-electron chi connectivity index (χ3n) is 2.91. The van der Waals surface area contributed by atoms with Crippen LogP contribution in [0.5, 0.6) is 5.75 Å². The highest BCUT2D eigenvalue weighted by Crippen LogP contribution is 2.27. The SMILES string of the molecule is CC(c1ccc(O[SiH3])cc1)[Si](C)(C)C. The van der Waals surface area contributed by atoms with Gasteiger partial charge < -0.3 is 4.43 Å². The minimum Gasteiger partial charge on any atom is -0.553 e. The summed E-state index contributed by atoms with van der Waals surface area (Å²) in [5.74, 6) is 1.00. The van der Waals surface area contributed by atoms with Crippen molar-refractivity contribution in [1.82, 2.24) is 0 Å². The van der Waals surface area contributed by atoms with Gasteiger partial charge in [-0.25, -0.2) is 0 Å². The quantitative estimate of drug-likeness (QED) is 0.716. The largest absolute Gasteiger partial charge is 0.553 e. The Morgan fingerprint density at radius 2 is 1.64 bits per heavy atom. The molecule has 0 aliphatic carbocycles. The summed E-state index contributed by atoms with van der Waals surface area (Å²) in [6.45, 7) is 9.57. The van der Waals surface area contributed by atoms with E-state index in [4.69, 9.17) is 4.43 Å². The highest BCUT2D eigenvalue weighted by molar-refractivity contribution is 6.77. The van der Waals surface area contributed by atoms with Gasteiger partial charge in [-0.1, -0.05) is 38.7 Å². The molecule has 0 spiro atoms. The summed E-state index contributed by atoms with van der Waals surface area (Å²) in [5.41, 5.74) is 2.16. The first-order chi connectivity index (χ1) is 6.45. The summed E-state index contributed by atoms with van der Waals surface area (Å²) in [7, 11) is -0.291. The van der Waals surface area contributed by atoms with E-state index in [9.17, 15) is 0 Å². The molecule has 1 aromatic rings. The Bertz CT molecular complexity index is 287. The predicted octanol–water partition coefficient (Wildman–Crippen LogP) is 2.33. The van der Waals surface area contributed by atoms with Crippen molar-refractivity contribution >= 4 is 18.6 Å². The van der Waals surface area contributed by atoms with Crippen molar-refractivity contribution in [3.8, 4) is 5.75 Å². The van der Waals surface area contributed by atoms with Crippen molar-refractivity contribution in [2.24, 2.45) is 0 Å². The Balaban J connectivity index is 2.87. The van der Waals surface area contributed by atoms with Crippen LogP contribution in [0.15, 0.2) is 24.3 Å². The summed E-state index contributed by atoms with van der Waals surface area (Å²) in [4.78, 5) is 0. The normalized spacial score (nSPS) is 14.0. The van der Waals surface area contributed by atoms with Gasteiger partial charge in [0.1, 0.15) is 5.75 Å². The van der Waals surface area contributed by atoms with Crippen LogP contribution in [0, 0.1) is 0 Å². The standard InChI is InChI=1S/C11H20OSi2/c1-9(14(2,3)4)10-5-7-11(12-13)8-6-10/h5-9H,1-4,13H3. The van der Waals surface area contributed by atoms with Crippen molar-refractivity contribution in [3.05, 3.63) is 29.8 Å². The van der Waals surface area contributed by atoms with Crippen molar-refractivity contribution in [2.75, 3.05) is 0 Å². The highest BCUT2D eigenvalue weighted by Gasteiger charge is 2.23. The maximum Gasteiger partial charge on any atom is 0.204 e. The maximum absolute atomic E-state index is 5.28. The average molecular weight is 224 g/mol. The molecule has 1 aromatic carbocycles. The maximum atomic E-state index is 5.28. The van der Waals surface area contributed by atoms with E-state index in [0.717, 1.165) is 16.2 Å². The van der Waals surface area contributed by atoms with E-state index in [-0.39, 0.29) is 0 Å². The second-order valence-corrected chi connectivity index (χ2v) is 10.9. The smallest absolute Gasteiger partial charge is 0.204 e. The van der Waals surface area contributed by atoms with Crippen LogP contribution in [0.25, 0.3) is 0 Å². The van der Waals surface area contributed by atoms with Gasteiger partial charge in [0.2, 0.25) is 10.5 Å². The van der Waals surface area contributed by atoms with Crippen molar-refractivity contribution in [2.45, 2.75) is 32.1 Å². The molecule has 0 heterocycles. The summed E-state index contributed by atoms with van der Waals surface area (Å²) in [6, 6.07) is 8.57. The molecule has 0 aliphatic rings. The number of hydrogen-bond acceptors (Lipinski definition) is 1. The molecule has 0 saturated carbocycles. The third-order valence-corrected chi connectivity index (χ3v) is 6.32. The van der Waals surface area contributed by atoms with E-state index in [1.54, 1.807) is 0 Å². The monoisotopic (exact) mass is 224 g/mol. The van der Waals surface area contributed by atoms with Crippen molar-refractivity contribution in [1.29, 1.82) is 0 Å². The second-order valence-electron chi connectivity index (χ2n) is 4.86. The first-order valence-corrected chi connectivity index (χ1v) is 9.48. The number of rotatable bonds is 3. The molecule has 1 atom stereocenters. The van der Waals surface area contributed by atoms with Gasteiger partial charge in [0, 0.05) is 0 Å². The van der Waals surface area contributed by atoms with Gasteiger partial charge >= 0.3 is 0 Å². The van der Waals surface area contributed by atoms with Gasteiger partial charge in [-0.2, -0.15) is 0 Å². The molecule has 3 heteroatoms. The van der Waals surface area contributed by atoms with Crippen LogP contribution in [-0.4, -0.2) is 18.6 Å². The molecule has 1 rings (SSSR count). The lowest BCUT2D eigenvalue weighted by Gasteiger charge is -2.25. The molecule has 0 fully saturated rings. The zero-order valence-electron chi connectivity index (χ0n) is 9.79. The Morgan fingerprint density at radius 1 is 1.14 bits per heavy atom. The topological polar surface area (TPSA) is 9.23 Å². The molecular weight excluding hydrogens is 204 g/mol. The molecule has 0 aliphatic heterocycles. The van der Waals surface area contributed by atoms with Crippen LogP contribution < -0.4 is 4.43 Å². The Hall–Kier alpha value is -0.546. The van der Waals surface area contributed by atoms with E-state index in [1.165, 1.54) is 5.56 Å². The second kappa shape index (κ2) is 4.32. The van der Waals surface area contributed by atoms with Gasteiger partial charge in [-0.3, -0.25) is 0 Å². The molecule has 1 nitrogen and oxygen atoms in total. The van der Waals surface area contributed by atoms with E-state index >= 15 is 0 Å². The molecule has 14 heavy (non-hydrogen) atoms. The fraction of sp³-hybridized carbons (Fsp3) is 0.455. The van der Waals surface area contributed by atoms with Gasteiger partial charge in [0.05, 0.1) is 8.07 Å². The van der Waals surface area contributed by atoms with E-state index < -0.39 is 8.07 Å². The predicted molar refractivity (Wildman–Crippen MR) is 68.8 cm³/mol. The van der Waals surface area contributed by atoms with Crippen molar-refractivity contribution < 1.29 is 4.43 Å². The first kappa shape index (κ1) is 11.5. The average Bonchev–Trinajstić information content (AvgIpc) is 2.15. The minimum atomic E-state index is -1.06. The molecule has 0 amide bonds. The molecule has 0 N–H and O–H groups in total. The summed E-state index contributed by atoms with van der Waals surface area (Å²) >= 11 is 0. The van der Waals surface area contributed by atoms with Crippen molar-refractivity contribution in [3.63, 3.8) is 0 Å². The lowest BCUT2D eigenvalue weighted by atomic mass is 10.1. The number of hydrogen-bond donors (Lipinski definition) is 0. The molecular formula is C11H20OSi2. The third kappa shape index (κ3) is 2.72. The van der Waals surface area contributed by atoms with Crippen LogP contribution in [0.3, 0.4) is 0 Å². The van der Waals surface area contributed by atoms with Gasteiger partial charge in [-0.15, -0.1) is 0 Å². The van der Waals surface area contributed by atoms with Gasteiger partial charge in [-0.05, 0) is 23.2 Å². The van der Waals surface area contributed by atoms with Crippen LogP contribution in [-0.2, 0) is 0 Å². The van der Waals surface area contributed by atoms with Gasteiger partial charge in [0.25, 0.3) is 0 Å². The Labute approximate surface area is 91.0 Å². The lowest BCUT2D eigenvalue weighted by Crippen LogP contribution is -2.28. The van der Waals surface area contributed by atoms with Crippen LogP contribution in [0.2, 0.25) is 19.6 Å². The molecule has 0 aromatic heterocycles. The van der Waals surface area contributed by atoms with E-state index in [1.807, 2.05) is 0 Å². The zero-order chi connectivity index (χ0) is 10.8. The van der Waals surface area contributed by atoms with E-state index in [0.29, 0.717) is 5.54 Å².